The van der Waals surface area contributed by atoms with Gasteiger partial charge in [0.05, 0.1) is 6.20 Å². The number of aryl methyl sites for hydroxylation is 2. The molecule has 0 radical (unpaired) electrons. The second kappa shape index (κ2) is 4.56. The summed E-state index contributed by atoms with van der Waals surface area (Å²) >= 11 is 0. The molecule has 2 aromatic heterocycles. The van der Waals surface area contributed by atoms with Crippen LogP contribution in [0, 0.1) is 12.8 Å². The number of rotatable bonds is 4. The molecular formula is C15H19N3. The van der Waals surface area contributed by atoms with E-state index in [1.165, 1.54) is 29.7 Å². The Kier molecular flexibility index (Phi) is 2.90. The van der Waals surface area contributed by atoms with Crippen molar-refractivity contribution in [2.45, 2.75) is 39.7 Å². The van der Waals surface area contributed by atoms with E-state index >= 15 is 0 Å². The second-order valence-corrected chi connectivity index (χ2v) is 5.22. The topological polar surface area (TPSA) is 30.7 Å². The van der Waals surface area contributed by atoms with Gasteiger partial charge in [0.25, 0.3) is 0 Å². The van der Waals surface area contributed by atoms with Crippen molar-refractivity contribution < 1.29 is 0 Å². The zero-order valence-electron chi connectivity index (χ0n) is 11.1. The van der Waals surface area contributed by atoms with E-state index < -0.39 is 0 Å². The number of hydrogen-bond acceptors (Lipinski definition) is 2. The van der Waals surface area contributed by atoms with Crippen LogP contribution in [-0.2, 0) is 13.0 Å². The minimum Gasteiger partial charge on any atom is -0.272 e. The molecule has 2 aromatic rings. The van der Waals surface area contributed by atoms with Gasteiger partial charge in [-0.1, -0.05) is 0 Å². The minimum atomic E-state index is 0.893. The summed E-state index contributed by atoms with van der Waals surface area (Å²) in [6.07, 6.45) is 9.90. The highest BCUT2D eigenvalue weighted by Gasteiger charge is 2.22. The molecule has 1 aliphatic rings. The van der Waals surface area contributed by atoms with Crippen molar-refractivity contribution in [2.24, 2.45) is 5.92 Å². The van der Waals surface area contributed by atoms with Crippen molar-refractivity contribution in [1.29, 1.82) is 0 Å². The molecule has 0 saturated heterocycles. The zero-order valence-corrected chi connectivity index (χ0v) is 11.1. The maximum Gasteiger partial charge on any atom is 0.0568 e. The highest BCUT2D eigenvalue weighted by atomic mass is 15.3. The monoisotopic (exact) mass is 241 g/mol. The van der Waals surface area contributed by atoms with E-state index in [2.05, 4.69) is 36.2 Å². The second-order valence-electron chi connectivity index (χ2n) is 5.22. The van der Waals surface area contributed by atoms with E-state index in [4.69, 9.17) is 0 Å². The van der Waals surface area contributed by atoms with E-state index in [1.54, 1.807) is 0 Å². The lowest BCUT2D eigenvalue weighted by Crippen LogP contribution is -1.96. The summed E-state index contributed by atoms with van der Waals surface area (Å²) in [6.45, 7) is 5.17. The third-order valence-corrected chi connectivity index (χ3v) is 3.66. The molecule has 1 saturated carbocycles. The van der Waals surface area contributed by atoms with E-state index in [1.807, 2.05) is 17.1 Å². The lowest BCUT2D eigenvalue weighted by atomic mass is 10.1. The van der Waals surface area contributed by atoms with Crippen LogP contribution in [0.25, 0.3) is 11.1 Å². The Bertz CT molecular complexity index is 553. The van der Waals surface area contributed by atoms with E-state index in [0.717, 1.165) is 24.4 Å². The molecule has 18 heavy (non-hydrogen) atoms. The normalized spacial score (nSPS) is 15.0. The first kappa shape index (κ1) is 11.5. The average Bonchev–Trinajstić information content (AvgIpc) is 3.06. The minimum absolute atomic E-state index is 0.893. The maximum atomic E-state index is 4.63. The molecule has 1 fully saturated rings. The van der Waals surface area contributed by atoms with Crippen molar-refractivity contribution in [3.05, 3.63) is 35.9 Å². The first-order valence-corrected chi connectivity index (χ1v) is 6.74. The van der Waals surface area contributed by atoms with Crippen molar-refractivity contribution in [2.75, 3.05) is 0 Å². The summed E-state index contributed by atoms with van der Waals surface area (Å²) in [7, 11) is 0. The zero-order chi connectivity index (χ0) is 12.5. The Labute approximate surface area is 108 Å². The van der Waals surface area contributed by atoms with Crippen LogP contribution < -0.4 is 0 Å². The molecule has 0 N–H and O–H groups in total. The van der Waals surface area contributed by atoms with Crippen LogP contribution >= 0.6 is 0 Å². The van der Waals surface area contributed by atoms with Crippen LogP contribution in [0.4, 0.5) is 0 Å². The quantitative estimate of drug-likeness (QED) is 0.822. The predicted octanol–water partition coefficient (Wildman–Crippen LogP) is 3.23. The molecule has 0 aliphatic heterocycles. The van der Waals surface area contributed by atoms with Crippen LogP contribution in [0.1, 0.15) is 31.0 Å². The summed E-state index contributed by atoms with van der Waals surface area (Å²) in [5, 5.41) is 4.31. The smallest absolute Gasteiger partial charge is 0.0568 e. The number of aromatic nitrogens is 3. The Morgan fingerprint density at radius 3 is 2.72 bits per heavy atom. The van der Waals surface area contributed by atoms with E-state index in [-0.39, 0.29) is 0 Å². The highest BCUT2D eigenvalue weighted by molar-refractivity contribution is 5.61. The SMILES string of the molecule is CCn1cc(-c2cnc(CC3CC3)c(C)c2)cn1. The van der Waals surface area contributed by atoms with Crippen molar-refractivity contribution in [3.8, 4) is 11.1 Å². The lowest BCUT2D eigenvalue weighted by Gasteiger charge is -2.05. The molecule has 0 bridgehead atoms. The standard InChI is InChI=1S/C15H19N3/c1-3-18-10-14(9-17-18)13-6-11(2)15(16-8-13)7-12-4-5-12/h6,8-10,12H,3-5,7H2,1-2H3. The molecule has 3 rings (SSSR count). The van der Waals surface area contributed by atoms with Crippen molar-refractivity contribution in [3.63, 3.8) is 0 Å². The number of hydrogen-bond donors (Lipinski definition) is 0. The Morgan fingerprint density at radius 2 is 2.11 bits per heavy atom. The fraction of sp³-hybridized carbons (Fsp3) is 0.467. The number of nitrogens with zero attached hydrogens (tertiary/aromatic N) is 3. The van der Waals surface area contributed by atoms with Crippen LogP contribution in [0.3, 0.4) is 0 Å². The first-order chi connectivity index (χ1) is 8.76. The summed E-state index contributed by atoms with van der Waals surface area (Å²) in [4.78, 5) is 4.63. The molecule has 94 valence electrons. The van der Waals surface area contributed by atoms with Crippen LogP contribution in [0.5, 0.6) is 0 Å². The molecule has 0 unspecified atom stereocenters. The fourth-order valence-corrected chi connectivity index (χ4v) is 2.26. The van der Waals surface area contributed by atoms with Crippen LogP contribution in [0.15, 0.2) is 24.7 Å². The van der Waals surface area contributed by atoms with Gasteiger partial charge < -0.3 is 0 Å². The molecule has 3 heteroatoms. The molecule has 0 atom stereocenters. The van der Waals surface area contributed by atoms with Gasteiger partial charge in [0.2, 0.25) is 0 Å². The Morgan fingerprint density at radius 1 is 1.28 bits per heavy atom. The van der Waals surface area contributed by atoms with Gasteiger partial charge in [-0.3, -0.25) is 9.67 Å². The van der Waals surface area contributed by atoms with Crippen LogP contribution in [0.2, 0.25) is 0 Å². The lowest BCUT2D eigenvalue weighted by molar-refractivity contribution is 0.660. The highest BCUT2D eigenvalue weighted by Crippen LogP contribution is 2.33. The fourth-order valence-electron chi connectivity index (χ4n) is 2.26. The molecule has 3 nitrogen and oxygen atoms in total. The number of pyridine rings is 1. The third-order valence-electron chi connectivity index (χ3n) is 3.66. The molecule has 1 aliphatic carbocycles. The van der Waals surface area contributed by atoms with Gasteiger partial charge >= 0.3 is 0 Å². The van der Waals surface area contributed by atoms with Gasteiger partial charge in [-0.2, -0.15) is 5.10 Å². The van der Waals surface area contributed by atoms with Gasteiger partial charge in [0, 0.05) is 35.8 Å². The molecule has 0 spiro atoms. The van der Waals surface area contributed by atoms with Gasteiger partial charge in [-0.15, -0.1) is 0 Å². The molecular weight excluding hydrogens is 222 g/mol. The summed E-state index contributed by atoms with van der Waals surface area (Å²) in [5.74, 6) is 0.893. The van der Waals surface area contributed by atoms with E-state index in [9.17, 15) is 0 Å². The summed E-state index contributed by atoms with van der Waals surface area (Å²) in [6, 6.07) is 2.24. The molecule has 2 heterocycles. The first-order valence-electron chi connectivity index (χ1n) is 6.74. The van der Waals surface area contributed by atoms with Gasteiger partial charge in [0.1, 0.15) is 0 Å². The predicted molar refractivity (Wildman–Crippen MR) is 72.3 cm³/mol. The third kappa shape index (κ3) is 2.30. The van der Waals surface area contributed by atoms with E-state index in [0.29, 0.717) is 0 Å². The Hall–Kier alpha value is -1.64. The average molecular weight is 241 g/mol. The van der Waals surface area contributed by atoms with Gasteiger partial charge in [-0.05, 0) is 50.7 Å². The van der Waals surface area contributed by atoms with Crippen molar-refractivity contribution >= 4 is 0 Å². The van der Waals surface area contributed by atoms with Gasteiger partial charge in [0.15, 0.2) is 0 Å². The van der Waals surface area contributed by atoms with Crippen LogP contribution in [-0.4, -0.2) is 14.8 Å². The van der Waals surface area contributed by atoms with Gasteiger partial charge in [-0.25, -0.2) is 0 Å². The molecule has 0 amide bonds. The van der Waals surface area contributed by atoms with Crippen molar-refractivity contribution in [1.82, 2.24) is 14.8 Å². The Balaban J connectivity index is 1.86. The molecule has 0 aromatic carbocycles. The summed E-state index contributed by atoms with van der Waals surface area (Å²) < 4.78 is 1.95. The largest absolute Gasteiger partial charge is 0.272 e. The summed E-state index contributed by atoms with van der Waals surface area (Å²) in [5.41, 5.74) is 4.91. The maximum absolute atomic E-state index is 4.63.